The summed E-state index contributed by atoms with van der Waals surface area (Å²) in [6.07, 6.45) is 0. The zero-order valence-electron chi connectivity index (χ0n) is 33.0. The van der Waals surface area contributed by atoms with Crippen LogP contribution in [0.4, 0.5) is 0 Å². The Morgan fingerprint density at radius 2 is 0.721 bits per heavy atom. The quantitative estimate of drug-likeness (QED) is 0.124. The SMILES string of the molecule is c1ccc(-c2ccc(-c3nc(-c4ccc(-c5ccc6sc7ccccc7c6c5)cc4)nc(-c4ccc(-c5c6ccccc6cc6c5ccc5ccccc56)cc4)n3)cc2)cc1. The molecule has 12 rings (SSSR count). The van der Waals surface area contributed by atoms with Crippen LogP contribution in [0.1, 0.15) is 0 Å². The number of benzene rings is 10. The lowest BCUT2D eigenvalue weighted by molar-refractivity contribution is 1.07. The van der Waals surface area contributed by atoms with Gasteiger partial charge in [0.15, 0.2) is 17.5 Å². The van der Waals surface area contributed by atoms with Crippen molar-refractivity contribution in [3.8, 4) is 67.5 Å². The predicted octanol–water partition coefficient (Wildman–Crippen LogP) is 15.7. The largest absolute Gasteiger partial charge is 0.208 e. The van der Waals surface area contributed by atoms with Gasteiger partial charge in [-0.25, -0.2) is 15.0 Å². The van der Waals surface area contributed by atoms with Crippen molar-refractivity contribution in [2.75, 3.05) is 0 Å². The van der Waals surface area contributed by atoms with Crippen LogP contribution in [0.5, 0.6) is 0 Å². The fraction of sp³-hybridized carbons (Fsp3) is 0. The molecule has 284 valence electrons. The summed E-state index contributed by atoms with van der Waals surface area (Å²) < 4.78 is 2.61. The van der Waals surface area contributed by atoms with E-state index in [1.165, 1.54) is 69.2 Å². The van der Waals surface area contributed by atoms with Gasteiger partial charge in [0.2, 0.25) is 0 Å². The number of fused-ring (bicyclic) bond motifs is 7. The first kappa shape index (κ1) is 35.2. The third-order valence-corrected chi connectivity index (χ3v) is 13.1. The molecule has 3 nitrogen and oxygen atoms in total. The van der Waals surface area contributed by atoms with Crippen LogP contribution in [0.25, 0.3) is 120 Å². The molecule has 61 heavy (non-hydrogen) atoms. The Morgan fingerprint density at radius 3 is 1.39 bits per heavy atom. The molecule has 0 aliphatic rings. The van der Waals surface area contributed by atoms with Crippen molar-refractivity contribution >= 4 is 63.8 Å². The van der Waals surface area contributed by atoms with Gasteiger partial charge in [-0.3, -0.25) is 0 Å². The molecule has 0 aliphatic carbocycles. The van der Waals surface area contributed by atoms with Crippen molar-refractivity contribution in [3.05, 3.63) is 212 Å². The van der Waals surface area contributed by atoms with Crippen molar-refractivity contribution in [1.82, 2.24) is 15.0 Å². The Hall–Kier alpha value is -7.79. The van der Waals surface area contributed by atoms with Crippen molar-refractivity contribution in [3.63, 3.8) is 0 Å². The summed E-state index contributed by atoms with van der Waals surface area (Å²) in [4.78, 5) is 15.4. The van der Waals surface area contributed by atoms with Crippen LogP contribution in [0.3, 0.4) is 0 Å². The minimum absolute atomic E-state index is 0.631. The molecule has 2 aromatic heterocycles. The van der Waals surface area contributed by atoms with E-state index in [1.54, 1.807) is 0 Å². The molecule has 4 heteroatoms. The lowest BCUT2D eigenvalue weighted by atomic mass is 9.89. The van der Waals surface area contributed by atoms with Gasteiger partial charge in [-0.05, 0) is 90.0 Å². The molecule has 0 fully saturated rings. The van der Waals surface area contributed by atoms with E-state index < -0.39 is 0 Å². The number of aromatic nitrogens is 3. The van der Waals surface area contributed by atoms with Crippen molar-refractivity contribution in [2.45, 2.75) is 0 Å². The van der Waals surface area contributed by atoms with Crippen LogP contribution >= 0.6 is 11.3 Å². The van der Waals surface area contributed by atoms with Gasteiger partial charge in [0.25, 0.3) is 0 Å². The number of thiophene rings is 1. The molecule has 12 aromatic rings. The maximum absolute atomic E-state index is 5.15. The second-order valence-electron chi connectivity index (χ2n) is 15.6. The molecule has 2 heterocycles. The van der Waals surface area contributed by atoms with E-state index in [0.717, 1.165) is 33.4 Å². The number of rotatable bonds is 6. The van der Waals surface area contributed by atoms with E-state index in [-0.39, 0.29) is 0 Å². The summed E-state index contributed by atoms with van der Waals surface area (Å²) >= 11 is 1.84. The summed E-state index contributed by atoms with van der Waals surface area (Å²) in [7, 11) is 0. The van der Waals surface area contributed by atoms with Crippen LogP contribution in [-0.2, 0) is 0 Å². The van der Waals surface area contributed by atoms with Gasteiger partial charge in [-0.1, -0.05) is 188 Å². The zero-order valence-corrected chi connectivity index (χ0v) is 33.8. The van der Waals surface area contributed by atoms with Crippen LogP contribution in [0.2, 0.25) is 0 Å². The summed E-state index contributed by atoms with van der Waals surface area (Å²) in [5.74, 6) is 1.90. The monoisotopic (exact) mass is 793 g/mol. The minimum Gasteiger partial charge on any atom is -0.208 e. The molecule has 0 saturated carbocycles. The lowest BCUT2D eigenvalue weighted by Crippen LogP contribution is -2.00. The Balaban J connectivity index is 0.956. The predicted molar refractivity (Wildman–Crippen MR) is 258 cm³/mol. The standard InChI is InChI=1S/C57H35N3S/c1-2-10-36(11-3-1)37-18-24-41(25-19-37)55-58-56(42-26-20-38(21-27-42)44-31-33-53-51(34-44)48-16-8-9-17-52(48)61-53)60-57(59-55)43-28-22-40(23-29-43)54-47-15-7-5-13-45(47)35-50-46-14-6-4-12-39(46)30-32-49(50)54/h1-35H. The van der Waals surface area contributed by atoms with E-state index in [0.29, 0.717) is 17.5 Å². The van der Waals surface area contributed by atoms with E-state index in [2.05, 4.69) is 206 Å². The van der Waals surface area contributed by atoms with Crippen molar-refractivity contribution in [1.29, 1.82) is 0 Å². The molecular weight excluding hydrogens is 759 g/mol. The summed E-state index contributed by atoms with van der Waals surface area (Å²) in [6, 6.07) is 75.9. The molecule has 0 unspecified atom stereocenters. The van der Waals surface area contributed by atoms with Crippen molar-refractivity contribution in [2.24, 2.45) is 0 Å². The molecule has 0 N–H and O–H groups in total. The lowest BCUT2D eigenvalue weighted by Gasteiger charge is -2.14. The first-order valence-electron chi connectivity index (χ1n) is 20.6. The van der Waals surface area contributed by atoms with Gasteiger partial charge in [0.05, 0.1) is 0 Å². The third kappa shape index (κ3) is 6.24. The van der Waals surface area contributed by atoms with Crippen LogP contribution < -0.4 is 0 Å². The van der Waals surface area contributed by atoms with Gasteiger partial charge in [-0.15, -0.1) is 11.3 Å². The first-order valence-corrected chi connectivity index (χ1v) is 21.4. The van der Waals surface area contributed by atoms with Gasteiger partial charge in [0, 0.05) is 36.9 Å². The van der Waals surface area contributed by atoms with Crippen LogP contribution in [0.15, 0.2) is 212 Å². The average molecular weight is 794 g/mol. The third-order valence-electron chi connectivity index (χ3n) is 11.9. The van der Waals surface area contributed by atoms with Crippen LogP contribution in [0, 0.1) is 0 Å². The highest BCUT2D eigenvalue weighted by Crippen LogP contribution is 2.41. The number of hydrogen-bond acceptors (Lipinski definition) is 4. The summed E-state index contributed by atoms with van der Waals surface area (Å²) in [5.41, 5.74) is 9.83. The highest BCUT2D eigenvalue weighted by atomic mass is 32.1. The normalized spacial score (nSPS) is 11.6. The molecule has 0 amide bonds. The highest BCUT2D eigenvalue weighted by molar-refractivity contribution is 7.25. The molecule has 0 atom stereocenters. The average Bonchev–Trinajstić information content (AvgIpc) is 3.72. The molecule has 10 aromatic carbocycles. The number of hydrogen-bond donors (Lipinski definition) is 0. The van der Waals surface area contributed by atoms with Gasteiger partial charge in [0.1, 0.15) is 0 Å². The smallest absolute Gasteiger partial charge is 0.164 e. The van der Waals surface area contributed by atoms with Gasteiger partial charge < -0.3 is 0 Å². The highest BCUT2D eigenvalue weighted by Gasteiger charge is 2.16. The van der Waals surface area contributed by atoms with E-state index in [4.69, 9.17) is 15.0 Å². The molecular formula is C57H35N3S. The van der Waals surface area contributed by atoms with E-state index in [9.17, 15) is 0 Å². The fourth-order valence-electron chi connectivity index (χ4n) is 8.84. The summed E-state index contributed by atoms with van der Waals surface area (Å²) in [5, 5.41) is 10.0. The maximum Gasteiger partial charge on any atom is 0.164 e. The second-order valence-corrected chi connectivity index (χ2v) is 16.7. The molecule has 0 spiro atoms. The Morgan fingerprint density at radius 1 is 0.246 bits per heavy atom. The molecule has 0 aliphatic heterocycles. The zero-order chi connectivity index (χ0) is 40.3. The Bertz CT molecular complexity index is 3610. The second kappa shape index (κ2) is 14.5. The van der Waals surface area contributed by atoms with Crippen molar-refractivity contribution < 1.29 is 0 Å². The topological polar surface area (TPSA) is 38.7 Å². The molecule has 0 bridgehead atoms. The first-order chi connectivity index (χ1) is 30.2. The van der Waals surface area contributed by atoms with E-state index in [1.807, 2.05) is 17.4 Å². The fourth-order valence-corrected chi connectivity index (χ4v) is 9.93. The van der Waals surface area contributed by atoms with Gasteiger partial charge >= 0.3 is 0 Å². The van der Waals surface area contributed by atoms with Crippen LogP contribution in [-0.4, -0.2) is 15.0 Å². The van der Waals surface area contributed by atoms with E-state index >= 15 is 0 Å². The Kier molecular flexibility index (Phi) is 8.36. The summed E-state index contributed by atoms with van der Waals surface area (Å²) in [6.45, 7) is 0. The Labute approximate surface area is 356 Å². The molecule has 0 radical (unpaired) electrons. The van der Waals surface area contributed by atoms with Gasteiger partial charge in [-0.2, -0.15) is 0 Å². The minimum atomic E-state index is 0.631. The number of nitrogens with zero attached hydrogens (tertiary/aromatic N) is 3. The molecule has 0 saturated heterocycles. The maximum atomic E-state index is 5.15.